The van der Waals surface area contributed by atoms with Gasteiger partial charge in [0.25, 0.3) is 0 Å². The van der Waals surface area contributed by atoms with E-state index in [9.17, 15) is 9.18 Å². The zero-order chi connectivity index (χ0) is 16.1. The van der Waals surface area contributed by atoms with Gasteiger partial charge < -0.3 is 10.6 Å². The van der Waals surface area contributed by atoms with Crippen LogP contribution in [-0.4, -0.2) is 24.0 Å². The van der Waals surface area contributed by atoms with Gasteiger partial charge >= 0.3 is 0 Å². The molecule has 0 bridgehead atoms. The Morgan fingerprint density at radius 1 is 1.09 bits per heavy atom. The van der Waals surface area contributed by atoms with E-state index in [1.165, 1.54) is 12.1 Å². The molecule has 1 aliphatic carbocycles. The van der Waals surface area contributed by atoms with Gasteiger partial charge in [0.1, 0.15) is 5.82 Å². The van der Waals surface area contributed by atoms with Crippen LogP contribution in [0.1, 0.15) is 24.3 Å². The summed E-state index contributed by atoms with van der Waals surface area (Å²) in [5, 5.41) is 6.20. The van der Waals surface area contributed by atoms with E-state index in [1.54, 1.807) is 24.5 Å². The standard InChI is InChI=1S/C18H20FN3O/c19-14-3-1-13(2-4-14)16-5-6-17(16)18(23)22-12-11-21-15-7-9-20-10-8-15/h1-4,7-10,16-17H,5-6,11-12H2,(H,20,21)(H,22,23). The molecule has 2 N–H and O–H groups in total. The number of nitrogens with zero attached hydrogens (tertiary/aromatic N) is 1. The molecule has 0 saturated heterocycles. The Bertz CT molecular complexity index is 645. The molecule has 1 aliphatic rings. The molecule has 3 rings (SSSR count). The van der Waals surface area contributed by atoms with Crippen LogP contribution >= 0.6 is 0 Å². The molecule has 1 heterocycles. The number of rotatable bonds is 6. The van der Waals surface area contributed by atoms with Gasteiger partial charge in [-0.25, -0.2) is 4.39 Å². The number of amides is 1. The molecule has 23 heavy (non-hydrogen) atoms. The number of nitrogens with one attached hydrogen (secondary N) is 2. The van der Waals surface area contributed by atoms with Gasteiger partial charge in [-0.05, 0) is 48.6 Å². The zero-order valence-electron chi connectivity index (χ0n) is 12.8. The van der Waals surface area contributed by atoms with E-state index in [0.29, 0.717) is 13.1 Å². The van der Waals surface area contributed by atoms with E-state index < -0.39 is 0 Å². The van der Waals surface area contributed by atoms with Gasteiger partial charge in [0.15, 0.2) is 0 Å². The lowest BCUT2D eigenvalue weighted by molar-refractivity contribution is -0.128. The van der Waals surface area contributed by atoms with Gasteiger partial charge in [-0.3, -0.25) is 9.78 Å². The normalized spacial score (nSPS) is 19.7. The molecule has 1 fully saturated rings. The molecule has 5 heteroatoms. The van der Waals surface area contributed by atoms with E-state index in [4.69, 9.17) is 0 Å². The molecule has 120 valence electrons. The maximum absolute atomic E-state index is 13.0. The van der Waals surface area contributed by atoms with Crippen molar-refractivity contribution < 1.29 is 9.18 Å². The molecule has 0 radical (unpaired) electrons. The van der Waals surface area contributed by atoms with Gasteiger partial charge in [0.05, 0.1) is 0 Å². The first-order valence-corrected chi connectivity index (χ1v) is 7.91. The molecule has 1 saturated carbocycles. The van der Waals surface area contributed by atoms with Crippen LogP contribution in [0.15, 0.2) is 48.8 Å². The van der Waals surface area contributed by atoms with Crippen molar-refractivity contribution in [2.45, 2.75) is 18.8 Å². The molecule has 1 amide bonds. The minimum absolute atomic E-state index is 0.00128. The minimum atomic E-state index is -0.240. The lowest BCUT2D eigenvalue weighted by Gasteiger charge is -2.35. The topological polar surface area (TPSA) is 54.0 Å². The highest BCUT2D eigenvalue weighted by Crippen LogP contribution is 2.42. The van der Waals surface area contributed by atoms with Crippen LogP contribution < -0.4 is 10.6 Å². The van der Waals surface area contributed by atoms with Crippen molar-refractivity contribution in [1.29, 1.82) is 0 Å². The third kappa shape index (κ3) is 3.86. The molecule has 0 spiro atoms. The summed E-state index contributed by atoms with van der Waals surface area (Å²) in [4.78, 5) is 16.2. The molecule has 2 atom stereocenters. The van der Waals surface area contributed by atoms with Crippen molar-refractivity contribution in [2.24, 2.45) is 5.92 Å². The second-order valence-corrected chi connectivity index (χ2v) is 5.80. The summed E-state index contributed by atoms with van der Waals surface area (Å²) in [6.45, 7) is 1.25. The van der Waals surface area contributed by atoms with Crippen LogP contribution in [0.25, 0.3) is 0 Å². The van der Waals surface area contributed by atoms with Gasteiger partial charge in [0, 0.05) is 37.1 Å². The van der Waals surface area contributed by atoms with Gasteiger partial charge in [0.2, 0.25) is 5.91 Å². The average Bonchev–Trinajstić information content (AvgIpc) is 2.54. The fraction of sp³-hybridized carbons (Fsp3) is 0.333. The average molecular weight is 313 g/mol. The smallest absolute Gasteiger partial charge is 0.223 e. The summed E-state index contributed by atoms with van der Waals surface area (Å²) in [6, 6.07) is 10.3. The second kappa shape index (κ2) is 7.22. The third-order valence-corrected chi connectivity index (χ3v) is 4.34. The first kappa shape index (κ1) is 15.5. The van der Waals surface area contributed by atoms with Crippen molar-refractivity contribution in [3.8, 4) is 0 Å². The molecule has 1 aromatic heterocycles. The Balaban J connectivity index is 1.44. The first-order valence-electron chi connectivity index (χ1n) is 7.91. The number of benzene rings is 1. The summed E-state index contributed by atoms with van der Waals surface area (Å²) in [5.74, 6) is 0.0588. The van der Waals surface area contributed by atoms with E-state index >= 15 is 0 Å². The quantitative estimate of drug-likeness (QED) is 0.806. The number of pyridine rings is 1. The van der Waals surface area contributed by atoms with Crippen LogP contribution in [0.2, 0.25) is 0 Å². The number of aromatic nitrogens is 1. The van der Waals surface area contributed by atoms with E-state index in [0.717, 1.165) is 24.1 Å². The second-order valence-electron chi connectivity index (χ2n) is 5.80. The molecular weight excluding hydrogens is 293 g/mol. The number of anilines is 1. The maximum Gasteiger partial charge on any atom is 0.223 e. The highest BCUT2D eigenvalue weighted by Gasteiger charge is 2.37. The maximum atomic E-state index is 13.0. The number of hydrogen-bond donors (Lipinski definition) is 2. The van der Waals surface area contributed by atoms with E-state index in [2.05, 4.69) is 15.6 Å². The summed E-state index contributed by atoms with van der Waals surface area (Å²) >= 11 is 0. The lowest BCUT2D eigenvalue weighted by Crippen LogP contribution is -2.41. The molecule has 2 unspecified atom stereocenters. The van der Waals surface area contributed by atoms with Crippen molar-refractivity contribution in [2.75, 3.05) is 18.4 Å². The minimum Gasteiger partial charge on any atom is -0.383 e. The van der Waals surface area contributed by atoms with Crippen LogP contribution in [0.4, 0.5) is 10.1 Å². The summed E-state index contributed by atoms with van der Waals surface area (Å²) < 4.78 is 13.0. The molecule has 2 aromatic rings. The predicted octanol–water partition coefficient (Wildman–Crippen LogP) is 2.94. The van der Waals surface area contributed by atoms with Crippen molar-refractivity contribution in [3.05, 3.63) is 60.2 Å². The lowest BCUT2D eigenvalue weighted by atomic mass is 9.69. The van der Waals surface area contributed by atoms with E-state index in [1.807, 2.05) is 12.1 Å². The highest BCUT2D eigenvalue weighted by atomic mass is 19.1. The Kier molecular flexibility index (Phi) is 4.86. The largest absolute Gasteiger partial charge is 0.383 e. The number of halogens is 1. The SMILES string of the molecule is O=C(NCCNc1ccncc1)C1CCC1c1ccc(F)cc1. The molecule has 4 nitrogen and oxygen atoms in total. The van der Waals surface area contributed by atoms with Gasteiger partial charge in [-0.1, -0.05) is 12.1 Å². The third-order valence-electron chi connectivity index (χ3n) is 4.34. The number of hydrogen-bond acceptors (Lipinski definition) is 3. The summed E-state index contributed by atoms with van der Waals surface area (Å²) in [6.07, 6.45) is 5.33. The first-order chi connectivity index (χ1) is 11.2. The monoisotopic (exact) mass is 313 g/mol. The Morgan fingerprint density at radius 3 is 2.48 bits per heavy atom. The van der Waals surface area contributed by atoms with Crippen molar-refractivity contribution in [1.82, 2.24) is 10.3 Å². The van der Waals surface area contributed by atoms with Crippen LogP contribution in [0.5, 0.6) is 0 Å². The molecule has 1 aromatic carbocycles. The Morgan fingerprint density at radius 2 is 1.83 bits per heavy atom. The molecule has 0 aliphatic heterocycles. The zero-order valence-corrected chi connectivity index (χ0v) is 12.8. The fourth-order valence-corrected chi connectivity index (χ4v) is 2.92. The predicted molar refractivity (Wildman–Crippen MR) is 87.6 cm³/mol. The molecular formula is C18H20FN3O. The summed E-state index contributed by atoms with van der Waals surface area (Å²) in [7, 11) is 0. The Hall–Kier alpha value is -2.43. The van der Waals surface area contributed by atoms with Gasteiger partial charge in [-0.2, -0.15) is 0 Å². The summed E-state index contributed by atoms with van der Waals surface area (Å²) in [5.41, 5.74) is 2.04. The van der Waals surface area contributed by atoms with Gasteiger partial charge in [-0.15, -0.1) is 0 Å². The highest BCUT2D eigenvalue weighted by molar-refractivity contribution is 5.80. The van der Waals surface area contributed by atoms with Crippen LogP contribution in [0.3, 0.4) is 0 Å². The van der Waals surface area contributed by atoms with E-state index in [-0.39, 0.29) is 23.6 Å². The van der Waals surface area contributed by atoms with Crippen LogP contribution in [-0.2, 0) is 4.79 Å². The Labute approximate surface area is 135 Å². The number of carbonyl (C=O) groups is 1. The fourth-order valence-electron chi connectivity index (χ4n) is 2.92. The van der Waals surface area contributed by atoms with Crippen molar-refractivity contribution >= 4 is 11.6 Å². The van der Waals surface area contributed by atoms with Crippen LogP contribution in [0, 0.1) is 11.7 Å². The van der Waals surface area contributed by atoms with Crippen molar-refractivity contribution in [3.63, 3.8) is 0 Å². The number of carbonyl (C=O) groups excluding carboxylic acids is 1.